The lowest BCUT2D eigenvalue weighted by Crippen LogP contribution is -2.49. The summed E-state index contributed by atoms with van der Waals surface area (Å²) in [5.41, 5.74) is -0.230. The van der Waals surface area contributed by atoms with Gasteiger partial charge in [0.2, 0.25) is 0 Å². The first-order valence-corrected chi connectivity index (χ1v) is 3.92. The molecule has 0 fully saturated rings. The van der Waals surface area contributed by atoms with Crippen molar-refractivity contribution in [1.82, 2.24) is 5.32 Å². The molecule has 0 aliphatic heterocycles. The summed E-state index contributed by atoms with van der Waals surface area (Å²) in [5, 5.41) is 12.2. The van der Waals surface area contributed by atoms with Crippen LogP contribution in [0.15, 0.2) is 0 Å². The van der Waals surface area contributed by atoms with E-state index in [1.165, 1.54) is 0 Å². The van der Waals surface area contributed by atoms with E-state index < -0.39 is 0 Å². The van der Waals surface area contributed by atoms with E-state index in [0.29, 0.717) is 0 Å². The molecule has 0 aliphatic carbocycles. The van der Waals surface area contributed by atoms with Gasteiger partial charge in [0.1, 0.15) is 0 Å². The molecule has 2 nitrogen and oxygen atoms in total. The fourth-order valence-electron chi connectivity index (χ4n) is 0.824. The number of hydrogen-bond donors (Lipinski definition) is 2. The molecular weight excluding hydrogens is 138 g/mol. The fraction of sp³-hybridized carbons (Fsp3) is 0.778. The first-order valence-electron chi connectivity index (χ1n) is 3.92. The van der Waals surface area contributed by atoms with Gasteiger partial charge in [-0.2, -0.15) is 0 Å². The van der Waals surface area contributed by atoms with Crippen molar-refractivity contribution in [3.05, 3.63) is 0 Å². The van der Waals surface area contributed by atoms with E-state index in [2.05, 4.69) is 11.2 Å². The highest BCUT2D eigenvalue weighted by Gasteiger charge is 2.21. The highest BCUT2D eigenvalue weighted by atomic mass is 16.3. The maximum Gasteiger partial charge on any atom is 0.0663 e. The van der Waals surface area contributed by atoms with E-state index >= 15 is 0 Å². The molecule has 0 aromatic rings. The predicted octanol–water partition coefficient (Wildman–Crippen LogP) is 0.759. The number of aliphatic hydroxyl groups is 1. The maximum atomic E-state index is 9.00. The Kier molecular flexibility index (Phi) is 4.17. The summed E-state index contributed by atoms with van der Waals surface area (Å²) >= 11 is 0. The van der Waals surface area contributed by atoms with Crippen molar-refractivity contribution in [3.8, 4) is 12.3 Å². The van der Waals surface area contributed by atoms with Crippen LogP contribution >= 0.6 is 0 Å². The maximum absolute atomic E-state index is 9.00. The Morgan fingerprint density at radius 2 is 2.27 bits per heavy atom. The van der Waals surface area contributed by atoms with Crippen molar-refractivity contribution in [1.29, 1.82) is 0 Å². The molecular formula is C9H17NO. The van der Waals surface area contributed by atoms with Crippen LogP contribution in [0.4, 0.5) is 0 Å². The second kappa shape index (κ2) is 4.38. The molecule has 2 atom stereocenters. The van der Waals surface area contributed by atoms with Gasteiger partial charge in [0.05, 0.1) is 12.6 Å². The molecule has 0 heterocycles. The zero-order chi connectivity index (χ0) is 8.91. The highest BCUT2D eigenvalue weighted by Crippen LogP contribution is 2.08. The van der Waals surface area contributed by atoms with Crippen molar-refractivity contribution in [2.75, 3.05) is 6.61 Å². The molecule has 0 aromatic heterocycles. The minimum atomic E-state index is -0.230. The molecule has 64 valence electrons. The molecule has 0 saturated carbocycles. The number of hydrogen-bond acceptors (Lipinski definition) is 2. The standard InChI is InChI=1S/C9H17NO/c1-5-8(3)10-9(4,6-2)7-11/h1,8,10-11H,6-7H2,2-4H3. The molecule has 0 aromatic carbocycles. The molecule has 2 unspecified atom stereocenters. The Morgan fingerprint density at radius 1 is 1.73 bits per heavy atom. The van der Waals surface area contributed by atoms with Crippen LogP contribution < -0.4 is 5.32 Å². The predicted molar refractivity (Wildman–Crippen MR) is 47.2 cm³/mol. The summed E-state index contributed by atoms with van der Waals surface area (Å²) < 4.78 is 0. The molecule has 2 N–H and O–H groups in total. The van der Waals surface area contributed by atoms with Crippen molar-refractivity contribution < 1.29 is 5.11 Å². The molecule has 0 spiro atoms. The zero-order valence-electron chi connectivity index (χ0n) is 7.52. The van der Waals surface area contributed by atoms with Crippen LogP contribution in [0.2, 0.25) is 0 Å². The third kappa shape index (κ3) is 3.41. The second-order valence-electron chi connectivity index (χ2n) is 3.11. The normalized spacial score (nSPS) is 18.5. The van der Waals surface area contributed by atoms with E-state index in [0.717, 1.165) is 6.42 Å². The van der Waals surface area contributed by atoms with E-state index in [9.17, 15) is 0 Å². The van der Waals surface area contributed by atoms with E-state index in [1.807, 2.05) is 20.8 Å². The first-order chi connectivity index (χ1) is 5.08. The minimum absolute atomic E-state index is 0.0205. The van der Waals surface area contributed by atoms with Crippen molar-refractivity contribution >= 4 is 0 Å². The van der Waals surface area contributed by atoms with Gasteiger partial charge < -0.3 is 5.11 Å². The largest absolute Gasteiger partial charge is 0.394 e. The molecule has 2 heteroatoms. The minimum Gasteiger partial charge on any atom is -0.394 e. The first kappa shape index (κ1) is 10.5. The number of aliphatic hydroxyl groups excluding tert-OH is 1. The van der Waals surface area contributed by atoms with Crippen LogP contribution in [-0.4, -0.2) is 23.3 Å². The Labute approximate surface area is 69.0 Å². The Bertz CT molecular complexity index is 144. The van der Waals surface area contributed by atoms with Gasteiger partial charge in [0.25, 0.3) is 0 Å². The molecule has 0 bridgehead atoms. The van der Waals surface area contributed by atoms with Crippen LogP contribution in [0.3, 0.4) is 0 Å². The van der Waals surface area contributed by atoms with Gasteiger partial charge in [-0.05, 0) is 20.3 Å². The van der Waals surface area contributed by atoms with E-state index in [4.69, 9.17) is 11.5 Å². The molecule has 0 radical (unpaired) electrons. The monoisotopic (exact) mass is 155 g/mol. The third-order valence-electron chi connectivity index (χ3n) is 1.94. The zero-order valence-corrected chi connectivity index (χ0v) is 7.52. The van der Waals surface area contributed by atoms with E-state index in [1.54, 1.807) is 0 Å². The summed E-state index contributed by atoms with van der Waals surface area (Å²) in [6.07, 6.45) is 6.07. The van der Waals surface area contributed by atoms with Gasteiger partial charge in [-0.15, -0.1) is 6.42 Å². The lowest BCUT2D eigenvalue weighted by molar-refractivity contribution is 0.166. The van der Waals surface area contributed by atoms with Crippen LogP contribution in [0.25, 0.3) is 0 Å². The Hall–Kier alpha value is -0.520. The molecule has 11 heavy (non-hydrogen) atoms. The average molecular weight is 155 g/mol. The lowest BCUT2D eigenvalue weighted by atomic mass is 9.99. The average Bonchev–Trinajstić information content (AvgIpc) is 2.04. The van der Waals surface area contributed by atoms with Crippen molar-refractivity contribution in [2.45, 2.75) is 38.8 Å². The van der Waals surface area contributed by atoms with Gasteiger partial charge >= 0.3 is 0 Å². The lowest BCUT2D eigenvalue weighted by Gasteiger charge is -2.29. The molecule has 0 rings (SSSR count). The summed E-state index contributed by atoms with van der Waals surface area (Å²) in [6.45, 7) is 6.01. The van der Waals surface area contributed by atoms with Crippen molar-refractivity contribution in [3.63, 3.8) is 0 Å². The Balaban J connectivity index is 3.99. The van der Waals surface area contributed by atoms with Gasteiger partial charge in [-0.3, -0.25) is 5.32 Å². The SMILES string of the molecule is C#CC(C)NC(C)(CC)CO. The van der Waals surface area contributed by atoms with Crippen LogP contribution in [-0.2, 0) is 0 Å². The number of rotatable bonds is 4. The summed E-state index contributed by atoms with van der Waals surface area (Å²) in [4.78, 5) is 0. The fourth-order valence-corrected chi connectivity index (χ4v) is 0.824. The molecule has 0 aliphatic rings. The Morgan fingerprint density at radius 3 is 2.55 bits per heavy atom. The van der Waals surface area contributed by atoms with Gasteiger partial charge in [-0.25, -0.2) is 0 Å². The van der Waals surface area contributed by atoms with E-state index in [-0.39, 0.29) is 18.2 Å². The van der Waals surface area contributed by atoms with Gasteiger partial charge in [-0.1, -0.05) is 12.8 Å². The van der Waals surface area contributed by atoms with Crippen LogP contribution in [0.1, 0.15) is 27.2 Å². The summed E-state index contributed by atoms with van der Waals surface area (Å²) in [6, 6.07) is 0.0205. The summed E-state index contributed by atoms with van der Waals surface area (Å²) in [7, 11) is 0. The third-order valence-corrected chi connectivity index (χ3v) is 1.94. The number of terminal acetylenes is 1. The topological polar surface area (TPSA) is 32.3 Å². The highest BCUT2D eigenvalue weighted by molar-refractivity contribution is 4.99. The number of nitrogens with one attached hydrogen (secondary N) is 1. The smallest absolute Gasteiger partial charge is 0.0663 e. The van der Waals surface area contributed by atoms with Crippen LogP contribution in [0.5, 0.6) is 0 Å². The van der Waals surface area contributed by atoms with Gasteiger partial charge in [0, 0.05) is 5.54 Å². The van der Waals surface area contributed by atoms with Crippen LogP contribution in [0, 0.1) is 12.3 Å². The second-order valence-corrected chi connectivity index (χ2v) is 3.11. The molecule has 0 saturated heterocycles. The summed E-state index contributed by atoms with van der Waals surface area (Å²) in [5.74, 6) is 2.57. The quantitative estimate of drug-likeness (QED) is 0.587. The molecule has 0 amide bonds. The van der Waals surface area contributed by atoms with Crippen molar-refractivity contribution in [2.24, 2.45) is 0 Å². The van der Waals surface area contributed by atoms with Gasteiger partial charge in [0.15, 0.2) is 0 Å².